The molecule has 0 aliphatic carbocycles. The summed E-state index contributed by atoms with van der Waals surface area (Å²) in [5.74, 6) is 0.940. The first-order valence-electron chi connectivity index (χ1n) is 5.17. The molecular formula is C13H19NO. The maximum absolute atomic E-state index is 5.21. The molecule has 0 fully saturated rings. The second-order valence-corrected chi connectivity index (χ2v) is 3.71. The molecule has 82 valence electrons. The first-order valence-corrected chi connectivity index (χ1v) is 5.17. The maximum Gasteiger partial charge on any atom is 0.121 e. The smallest absolute Gasteiger partial charge is 0.121 e. The van der Waals surface area contributed by atoms with Crippen LogP contribution in [0.1, 0.15) is 18.1 Å². The third kappa shape index (κ3) is 3.40. The third-order valence-electron chi connectivity index (χ3n) is 2.44. The van der Waals surface area contributed by atoms with E-state index in [0.717, 1.165) is 12.3 Å². The van der Waals surface area contributed by atoms with E-state index in [-0.39, 0.29) is 0 Å². The van der Waals surface area contributed by atoms with Gasteiger partial charge in [0, 0.05) is 12.6 Å². The quantitative estimate of drug-likeness (QED) is 0.746. The summed E-state index contributed by atoms with van der Waals surface area (Å²) in [6.45, 7) is 8.74. The van der Waals surface area contributed by atoms with Crippen molar-refractivity contribution in [2.75, 3.05) is 7.11 Å². The third-order valence-corrected chi connectivity index (χ3v) is 2.44. The molecule has 0 saturated heterocycles. The van der Waals surface area contributed by atoms with Gasteiger partial charge in [0.05, 0.1) is 7.11 Å². The van der Waals surface area contributed by atoms with E-state index in [2.05, 4.69) is 37.9 Å². The summed E-state index contributed by atoms with van der Waals surface area (Å²) in [6.07, 6.45) is 1.90. The van der Waals surface area contributed by atoms with Gasteiger partial charge in [-0.05, 0) is 31.0 Å². The molecule has 1 atom stereocenters. The van der Waals surface area contributed by atoms with Crippen LogP contribution in [0.25, 0.3) is 0 Å². The minimum Gasteiger partial charge on any atom is -0.496 e. The van der Waals surface area contributed by atoms with Crippen molar-refractivity contribution in [1.82, 2.24) is 5.32 Å². The van der Waals surface area contributed by atoms with E-state index < -0.39 is 0 Å². The van der Waals surface area contributed by atoms with E-state index in [1.807, 2.05) is 12.1 Å². The summed E-state index contributed by atoms with van der Waals surface area (Å²) in [5, 5.41) is 3.35. The van der Waals surface area contributed by atoms with Gasteiger partial charge in [0.1, 0.15) is 5.75 Å². The monoisotopic (exact) mass is 205 g/mol. The highest BCUT2D eigenvalue weighted by molar-refractivity contribution is 5.36. The fourth-order valence-electron chi connectivity index (χ4n) is 1.41. The number of aryl methyl sites for hydroxylation is 1. The van der Waals surface area contributed by atoms with E-state index in [1.54, 1.807) is 7.11 Å². The minimum absolute atomic E-state index is 0.340. The van der Waals surface area contributed by atoms with Crippen LogP contribution in [0, 0.1) is 6.92 Å². The molecule has 0 aromatic heterocycles. The number of nitrogens with one attached hydrogen (secondary N) is 1. The van der Waals surface area contributed by atoms with Gasteiger partial charge in [0.2, 0.25) is 0 Å². The highest BCUT2D eigenvalue weighted by atomic mass is 16.5. The summed E-state index contributed by atoms with van der Waals surface area (Å²) < 4.78 is 5.21. The van der Waals surface area contributed by atoms with Gasteiger partial charge in [-0.1, -0.05) is 18.2 Å². The summed E-state index contributed by atoms with van der Waals surface area (Å²) in [6, 6.07) is 6.56. The molecule has 0 heterocycles. The lowest BCUT2D eigenvalue weighted by atomic mass is 10.1. The van der Waals surface area contributed by atoms with E-state index in [0.29, 0.717) is 6.04 Å². The lowest BCUT2D eigenvalue weighted by molar-refractivity contribution is 0.411. The van der Waals surface area contributed by atoms with Crippen molar-refractivity contribution < 1.29 is 4.74 Å². The van der Waals surface area contributed by atoms with Gasteiger partial charge in [-0.2, -0.15) is 0 Å². The number of hydrogen-bond donors (Lipinski definition) is 1. The van der Waals surface area contributed by atoms with E-state index in [1.165, 1.54) is 11.1 Å². The van der Waals surface area contributed by atoms with Crippen LogP contribution in [0.2, 0.25) is 0 Å². The highest BCUT2D eigenvalue weighted by Crippen LogP contribution is 2.18. The van der Waals surface area contributed by atoms with E-state index in [4.69, 9.17) is 4.74 Å². The Bertz CT molecular complexity index is 333. The Morgan fingerprint density at radius 2 is 2.27 bits per heavy atom. The Labute approximate surface area is 92.0 Å². The molecule has 1 aromatic carbocycles. The van der Waals surface area contributed by atoms with Gasteiger partial charge in [0.25, 0.3) is 0 Å². The van der Waals surface area contributed by atoms with Crippen molar-refractivity contribution >= 4 is 0 Å². The topological polar surface area (TPSA) is 21.3 Å². The molecule has 2 heteroatoms. The molecule has 0 spiro atoms. The van der Waals surface area contributed by atoms with E-state index in [9.17, 15) is 0 Å². The van der Waals surface area contributed by atoms with Crippen molar-refractivity contribution in [3.05, 3.63) is 42.0 Å². The molecule has 1 rings (SSSR count). The summed E-state index contributed by atoms with van der Waals surface area (Å²) in [7, 11) is 1.69. The van der Waals surface area contributed by atoms with Gasteiger partial charge >= 0.3 is 0 Å². The predicted molar refractivity (Wildman–Crippen MR) is 64.2 cm³/mol. The lowest BCUT2D eigenvalue weighted by Gasteiger charge is -2.11. The van der Waals surface area contributed by atoms with Crippen LogP contribution >= 0.6 is 0 Å². The molecule has 0 bridgehead atoms. The van der Waals surface area contributed by atoms with Crippen molar-refractivity contribution in [2.45, 2.75) is 26.4 Å². The highest BCUT2D eigenvalue weighted by Gasteiger charge is 2.00. The molecule has 0 aliphatic heterocycles. The Morgan fingerprint density at radius 3 is 2.80 bits per heavy atom. The number of methoxy groups -OCH3 is 1. The van der Waals surface area contributed by atoms with Gasteiger partial charge in [-0.15, -0.1) is 6.58 Å². The van der Waals surface area contributed by atoms with Gasteiger partial charge < -0.3 is 10.1 Å². The van der Waals surface area contributed by atoms with Crippen molar-refractivity contribution in [3.8, 4) is 5.75 Å². The van der Waals surface area contributed by atoms with Crippen molar-refractivity contribution in [3.63, 3.8) is 0 Å². The van der Waals surface area contributed by atoms with E-state index >= 15 is 0 Å². The summed E-state index contributed by atoms with van der Waals surface area (Å²) in [5.41, 5.74) is 2.44. The summed E-state index contributed by atoms with van der Waals surface area (Å²) >= 11 is 0. The van der Waals surface area contributed by atoms with Crippen LogP contribution in [0.5, 0.6) is 5.75 Å². The minimum atomic E-state index is 0.340. The molecule has 1 N–H and O–H groups in total. The molecule has 1 aromatic rings. The largest absolute Gasteiger partial charge is 0.496 e. The fourth-order valence-corrected chi connectivity index (χ4v) is 1.41. The molecule has 0 radical (unpaired) electrons. The predicted octanol–water partition coefficient (Wildman–Crippen LogP) is 2.67. The molecule has 1 unspecified atom stereocenters. The van der Waals surface area contributed by atoms with Crippen LogP contribution in [-0.2, 0) is 6.54 Å². The zero-order chi connectivity index (χ0) is 11.3. The molecule has 0 aliphatic rings. The second kappa shape index (κ2) is 5.56. The second-order valence-electron chi connectivity index (χ2n) is 3.71. The van der Waals surface area contributed by atoms with Crippen LogP contribution in [0.15, 0.2) is 30.9 Å². The summed E-state index contributed by atoms with van der Waals surface area (Å²) in [4.78, 5) is 0. The zero-order valence-corrected chi connectivity index (χ0v) is 9.71. The molecule has 15 heavy (non-hydrogen) atoms. The molecule has 2 nitrogen and oxygen atoms in total. The van der Waals surface area contributed by atoms with Gasteiger partial charge in [0.15, 0.2) is 0 Å². The first-order chi connectivity index (χ1) is 7.17. The van der Waals surface area contributed by atoms with Crippen molar-refractivity contribution in [2.24, 2.45) is 0 Å². The van der Waals surface area contributed by atoms with Gasteiger partial charge in [-0.3, -0.25) is 0 Å². The number of benzene rings is 1. The van der Waals surface area contributed by atoms with Crippen LogP contribution < -0.4 is 10.1 Å². The number of ether oxygens (including phenoxy) is 1. The first kappa shape index (κ1) is 11.8. The van der Waals surface area contributed by atoms with Crippen LogP contribution in [-0.4, -0.2) is 13.2 Å². The van der Waals surface area contributed by atoms with Crippen LogP contribution in [0.3, 0.4) is 0 Å². The zero-order valence-electron chi connectivity index (χ0n) is 9.71. The average Bonchev–Trinajstić information content (AvgIpc) is 2.26. The SMILES string of the molecule is C=CC(C)NCc1ccc(OC)c(C)c1. The van der Waals surface area contributed by atoms with Gasteiger partial charge in [-0.25, -0.2) is 0 Å². The fraction of sp³-hybridized carbons (Fsp3) is 0.385. The standard InChI is InChI=1S/C13H19NO/c1-5-11(3)14-9-12-6-7-13(15-4)10(2)8-12/h5-8,11,14H,1,9H2,2-4H3. The molecular weight excluding hydrogens is 186 g/mol. The maximum atomic E-state index is 5.21. The number of rotatable bonds is 5. The molecule has 0 saturated carbocycles. The lowest BCUT2D eigenvalue weighted by Crippen LogP contribution is -2.22. The Morgan fingerprint density at radius 1 is 1.53 bits per heavy atom. The number of hydrogen-bond acceptors (Lipinski definition) is 2. The van der Waals surface area contributed by atoms with Crippen molar-refractivity contribution in [1.29, 1.82) is 0 Å². The Kier molecular flexibility index (Phi) is 4.37. The Balaban J connectivity index is 2.63. The average molecular weight is 205 g/mol. The molecule has 0 amide bonds. The Hall–Kier alpha value is -1.28. The van der Waals surface area contributed by atoms with Crippen LogP contribution in [0.4, 0.5) is 0 Å². The normalized spacial score (nSPS) is 12.2.